The molecule has 0 saturated carbocycles. The van der Waals surface area contributed by atoms with Crippen LogP contribution in [0.4, 0.5) is 11.4 Å². The standard InChI is InChI=1S/C27H17BrN4O6S/c28-21-13-18(32(37)38)11-16(25(21)33)12-22-26(34)30-24(15-5-3-6-17(10-15)31(35)36)20-9-8-14-4-1-2-7-19(14)23(20)29-27(30)39-22/h1-7,10-13,24,33H,8-9H2/b22-12-. The minimum absolute atomic E-state index is 0.0867. The van der Waals surface area contributed by atoms with Gasteiger partial charge in [0.15, 0.2) is 4.80 Å². The quantitative estimate of drug-likeness (QED) is 0.266. The maximum absolute atomic E-state index is 13.9. The van der Waals surface area contributed by atoms with Gasteiger partial charge in [0.05, 0.1) is 30.6 Å². The van der Waals surface area contributed by atoms with Crippen molar-refractivity contribution < 1.29 is 15.0 Å². The van der Waals surface area contributed by atoms with E-state index in [0.717, 1.165) is 40.2 Å². The van der Waals surface area contributed by atoms with Gasteiger partial charge in [0.25, 0.3) is 16.9 Å². The highest BCUT2D eigenvalue weighted by Crippen LogP contribution is 2.41. The molecule has 12 heteroatoms. The number of aromatic nitrogens is 1. The molecule has 3 aromatic carbocycles. The van der Waals surface area contributed by atoms with Gasteiger partial charge in [-0.15, -0.1) is 0 Å². The molecule has 10 nitrogen and oxygen atoms in total. The Morgan fingerprint density at radius 1 is 1.03 bits per heavy atom. The van der Waals surface area contributed by atoms with Gasteiger partial charge in [0.1, 0.15) is 5.75 Å². The van der Waals surface area contributed by atoms with E-state index in [1.54, 1.807) is 12.1 Å². The third kappa shape index (κ3) is 4.17. The number of hydrogen-bond acceptors (Lipinski definition) is 8. The van der Waals surface area contributed by atoms with Crippen molar-refractivity contribution in [3.05, 3.63) is 133 Å². The molecular formula is C27H17BrN4O6S. The van der Waals surface area contributed by atoms with Gasteiger partial charge >= 0.3 is 0 Å². The maximum atomic E-state index is 13.9. The fraction of sp³-hybridized carbons (Fsp3) is 0.111. The van der Waals surface area contributed by atoms with E-state index in [9.17, 15) is 30.1 Å². The fourth-order valence-electron chi connectivity index (χ4n) is 5.09. The van der Waals surface area contributed by atoms with Crippen LogP contribution in [0.1, 0.15) is 34.7 Å². The van der Waals surface area contributed by atoms with Crippen LogP contribution in [-0.4, -0.2) is 19.5 Å². The zero-order valence-electron chi connectivity index (χ0n) is 19.9. The molecular weight excluding hydrogens is 588 g/mol. The first-order valence-electron chi connectivity index (χ1n) is 11.8. The first kappa shape index (κ1) is 24.9. The van der Waals surface area contributed by atoms with Crippen LogP contribution in [0.15, 0.2) is 80.5 Å². The number of hydrogen-bond donors (Lipinski definition) is 1. The molecule has 2 aliphatic rings. The van der Waals surface area contributed by atoms with E-state index in [2.05, 4.69) is 15.9 Å². The van der Waals surface area contributed by atoms with Crippen LogP contribution in [0.25, 0.3) is 11.8 Å². The molecule has 0 saturated heterocycles. The SMILES string of the molecule is O=c1/c(=C/c2cc([N+](=O)[O-])cc(Br)c2O)sc2n1C(c1cccc([N+](=O)[O-])c1)C1=C(N=2)c2ccccc2CC1. The van der Waals surface area contributed by atoms with E-state index in [0.29, 0.717) is 16.8 Å². The lowest BCUT2D eigenvalue weighted by atomic mass is 9.83. The summed E-state index contributed by atoms with van der Waals surface area (Å²) >= 11 is 4.22. The number of aryl methyl sites for hydroxylation is 1. The van der Waals surface area contributed by atoms with Crippen molar-refractivity contribution in [1.29, 1.82) is 0 Å². The first-order chi connectivity index (χ1) is 18.7. The molecule has 1 aromatic heterocycles. The van der Waals surface area contributed by atoms with Gasteiger partial charge < -0.3 is 5.11 Å². The van der Waals surface area contributed by atoms with Crippen molar-refractivity contribution >= 4 is 50.4 Å². The molecule has 0 amide bonds. The lowest BCUT2D eigenvalue weighted by Gasteiger charge is -2.30. The smallest absolute Gasteiger partial charge is 0.271 e. The topological polar surface area (TPSA) is 141 Å². The Morgan fingerprint density at radius 3 is 2.56 bits per heavy atom. The Bertz CT molecular complexity index is 1940. The van der Waals surface area contributed by atoms with Gasteiger partial charge in [-0.1, -0.05) is 47.7 Å². The normalized spacial score (nSPS) is 16.2. The molecule has 1 atom stereocenters. The second-order valence-electron chi connectivity index (χ2n) is 9.09. The molecule has 1 N–H and O–H groups in total. The summed E-state index contributed by atoms with van der Waals surface area (Å²) in [6.45, 7) is 0. The number of phenols is 1. The van der Waals surface area contributed by atoms with E-state index in [1.807, 2.05) is 24.3 Å². The number of nitro groups is 2. The molecule has 0 spiro atoms. The number of benzene rings is 3. The summed E-state index contributed by atoms with van der Waals surface area (Å²) in [6.07, 6.45) is 2.75. The first-order valence-corrected chi connectivity index (χ1v) is 13.4. The van der Waals surface area contributed by atoms with E-state index in [4.69, 9.17) is 4.99 Å². The van der Waals surface area contributed by atoms with Crippen molar-refractivity contribution in [2.75, 3.05) is 0 Å². The molecule has 4 aromatic rings. The molecule has 0 radical (unpaired) electrons. The van der Waals surface area contributed by atoms with Crippen molar-refractivity contribution in [3.63, 3.8) is 0 Å². The number of thiazole rings is 1. The zero-order valence-corrected chi connectivity index (χ0v) is 22.3. The highest BCUT2D eigenvalue weighted by molar-refractivity contribution is 9.10. The van der Waals surface area contributed by atoms with Gasteiger partial charge in [-0.3, -0.25) is 29.6 Å². The van der Waals surface area contributed by atoms with Crippen molar-refractivity contribution in [3.8, 4) is 5.75 Å². The molecule has 1 aliphatic carbocycles. The molecule has 194 valence electrons. The Hall–Kier alpha value is -4.42. The summed E-state index contributed by atoms with van der Waals surface area (Å²) in [6, 6.07) is 15.9. The summed E-state index contributed by atoms with van der Waals surface area (Å²) in [5.41, 5.74) is 3.63. The average Bonchev–Trinajstić information content (AvgIpc) is 3.24. The molecule has 1 unspecified atom stereocenters. The van der Waals surface area contributed by atoms with Crippen LogP contribution < -0.4 is 14.9 Å². The molecule has 0 fully saturated rings. The fourth-order valence-corrected chi connectivity index (χ4v) is 6.55. The molecule has 0 bridgehead atoms. The molecule has 6 rings (SSSR count). The number of aromatic hydroxyl groups is 1. The number of fused-ring (bicyclic) bond motifs is 3. The van der Waals surface area contributed by atoms with Crippen LogP contribution in [0, 0.1) is 20.2 Å². The monoisotopic (exact) mass is 604 g/mol. The Morgan fingerprint density at radius 2 is 1.79 bits per heavy atom. The van der Waals surface area contributed by atoms with Crippen LogP contribution in [0.3, 0.4) is 0 Å². The zero-order chi connectivity index (χ0) is 27.4. The molecule has 39 heavy (non-hydrogen) atoms. The van der Waals surface area contributed by atoms with Crippen LogP contribution in [0.5, 0.6) is 5.75 Å². The minimum atomic E-state index is -0.628. The number of halogens is 1. The van der Waals surface area contributed by atoms with Gasteiger partial charge in [-0.05, 0) is 51.5 Å². The second kappa shape index (κ2) is 9.40. The van der Waals surface area contributed by atoms with Crippen LogP contribution >= 0.6 is 27.3 Å². The predicted octanol–water partition coefficient (Wildman–Crippen LogP) is 4.60. The number of rotatable bonds is 4. The van der Waals surface area contributed by atoms with Crippen LogP contribution in [-0.2, 0) is 6.42 Å². The number of nitro benzene ring substituents is 2. The maximum Gasteiger partial charge on any atom is 0.271 e. The van der Waals surface area contributed by atoms with E-state index >= 15 is 0 Å². The number of phenolic OH excluding ortho intramolecular Hbond substituents is 1. The summed E-state index contributed by atoms with van der Waals surface area (Å²) in [5.74, 6) is -0.241. The number of non-ortho nitro benzene ring substituents is 2. The summed E-state index contributed by atoms with van der Waals surface area (Å²) < 4.78 is 1.85. The van der Waals surface area contributed by atoms with Crippen molar-refractivity contribution in [2.24, 2.45) is 4.99 Å². The van der Waals surface area contributed by atoms with Gasteiger partial charge in [0.2, 0.25) is 0 Å². The Balaban J connectivity index is 1.63. The van der Waals surface area contributed by atoms with Gasteiger partial charge in [-0.25, -0.2) is 4.99 Å². The molecule has 1 aliphatic heterocycles. The highest BCUT2D eigenvalue weighted by atomic mass is 79.9. The van der Waals surface area contributed by atoms with Gasteiger partial charge in [-0.2, -0.15) is 0 Å². The number of allylic oxidation sites excluding steroid dienone is 1. The largest absolute Gasteiger partial charge is 0.506 e. The number of nitrogens with zero attached hydrogens (tertiary/aromatic N) is 4. The van der Waals surface area contributed by atoms with Gasteiger partial charge in [0, 0.05) is 35.4 Å². The van der Waals surface area contributed by atoms with E-state index in [-0.39, 0.29) is 31.7 Å². The lowest BCUT2D eigenvalue weighted by molar-refractivity contribution is -0.385. The summed E-state index contributed by atoms with van der Waals surface area (Å²) in [7, 11) is 0. The molecule has 2 heterocycles. The second-order valence-corrected chi connectivity index (χ2v) is 11.0. The summed E-state index contributed by atoms with van der Waals surface area (Å²) in [5, 5.41) is 33.5. The van der Waals surface area contributed by atoms with Crippen LogP contribution in [0.2, 0.25) is 0 Å². The van der Waals surface area contributed by atoms with E-state index < -0.39 is 21.4 Å². The third-order valence-electron chi connectivity index (χ3n) is 6.84. The highest BCUT2D eigenvalue weighted by Gasteiger charge is 2.33. The van der Waals surface area contributed by atoms with Crippen molar-refractivity contribution in [1.82, 2.24) is 4.57 Å². The minimum Gasteiger partial charge on any atom is -0.506 e. The average molecular weight is 605 g/mol. The Labute approximate surface area is 231 Å². The predicted molar refractivity (Wildman–Crippen MR) is 148 cm³/mol. The van der Waals surface area contributed by atoms with E-state index in [1.165, 1.54) is 34.9 Å². The Kier molecular flexibility index (Phi) is 6.00. The summed E-state index contributed by atoms with van der Waals surface area (Å²) in [4.78, 5) is 41.0. The third-order valence-corrected chi connectivity index (χ3v) is 8.43. The van der Waals surface area contributed by atoms with Crippen molar-refractivity contribution in [2.45, 2.75) is 18.9 Å². The lowest BCUT2D eigenvalue weighted by Crippen LogP contribution is -2.38.